The van der Waals surface area contributed by atoms with Crippen molar-refractivity contribution < 1.29 is 19.0 Å². The average molecular weight is 465 g/mol. The molecule has 0 unspecified atom stereocenters. The second-order valence-corrected chi connectivity index (χ2v) is 9.55. The second-order valence-electron chi connectivity index (χ2n) is 9.55. The summed E-state index contributed by atoms with van der Waals surface area (Å²) in [6.45, 7) is 6.84. The molecule has 2 aromatic carbocycles. The maximum absolute atomic E-state index is 12.5. The number of methoxy groups -OCH3 is 1. The highest BCUT2D eigenvalue weighted by molar-refractivity contribution is 5.94. The Morgan fingerprint density at radius 2 is 1.97 bits per heavy atom. The molecule has 34 heavy (non-hydrogen) atoms. The van der Waals surface area contributed by atoms with Crippen LogP contribution in [-0.2, 0) is 6.42 Å². The van der Waals surface area contributed by atoms with Crippen LogP contribution in [0.5, 0.6) is 17.2 Å². The molecule has 1 N–H and O–H groups in total. The van der Waals surface area contributed by atoms with Crippen molar-refractivity contribution in [3.8, 4) is 22.9 Å². The van der Waals surface area contributed by atoms with Crippen LogP contribution in [0.25, 0.3) is 5.69 Å². The van der Waals surface area contributed by atoms with E-state index in [9.17, 15) is 4.79 Å². The summed E-state index contributed by atoms with van der Waals surface area (Å²) in [6, 6.07) is 9.01. The molecule has 5 rings (SSSR count). The van der Waals surface area contributed by atoms with Crippen molar-refractivity contribution in [2.45, 2.75) is 38.8 Å². The van der Waals surface area contributed by atoms with Gasteiger partial charge in [-0.1, -0.05) is 0 Å². The van der Waals surface area contributed by atoms with Crippen LogP contribution in [0.1, 0.15) is 54.1 Å². The van der Waals surface area contributed by atoms with Crippen molar-refractivity contribution in [1.29, 1.82) is 0 Å². The Morgan fingerprint density at radius 1 is 1.21 bits per heavy atom. The first-order chi connectivity index (χ1) is 16.3. The maximum atomic E-state index is 12.5. The van der Waals surface area contributed by atoms with E-state index in [0.717, 1.165) is 29.8 Å². The normalized spacial score (nSPS) is 17.4. The Hall–Kier alpha value is -3.66. The predicted molar refractivity (Wildman–Crippen MR) is 124 cm³/mol. The molecule has 0 bridgehead atoms. The molecule has 10 heteroatoms. The van der Waals surface area contributed by atoms with Crippen molar-refractivity contribution in [2.75, 3.05) is 27.5 Å². The summed E-state index contributed by atoms with van der Waals surface area (Å²) in [6.07, 6.45) is 0.842. The average Bonchev–Trinajstić information content (AvgIpc) is 3.46. The Bertz CT molecular complexity index is 1230. The van der Waals surface area contributed by atoms with Crippen molar-refractivity contribution in [1.82, 2.24) is 30.4 Å². The molecular formula is C24H28N6O4. The zero-order chi connectivity index (χ0) is 24.0. The first-order valence-corrected chi connectivity index (χ1v) is 11.2. The fourth-order valence-corrected chi connectivity index (χ4v) is 4.47. The molecule has 1 aromatic heterocycles. The van der Waals surface area contributed by atoms with Crippen molar-refractivity contribution >= 4 is 5.91 Å². The van der Waals surface area contributed by atoms with Gasteiger partial charge in [0.1, 0.15) is 6.04 Å². The van der Waals surface area contributed by atoms with Crippen molar-refractivity contribution in [2.24, 2.45) is 0 Å². The van der Waals surface area contributed by atoms with Gasteiger partial charge in [0.25, 0.3) is 5.91 Å². The third-order valence-electron chi connectivity index (χ3n) is 6.00. The molecule has 0 saturated carbocycles. The van der Waals surface area contributed by atoms with Crippen LogP contribution < -0.4 is 19.5 Å². The highest BCUT2D eigenvalue weighted by Crippen LogP contribution is 2.50. The van der Waals surface area contributed by atoms with Gasteiger partial charge in [0.05, 0.1) is 12.8 Å². The molecular weight excluding hydrogens is 436 g/mol. The summed E-state index contributed by atoms with van der Waals surface area (Å²) in [7, 11) is 3.67. The molecule has 0 aliphatic carbocycles. The Kier molecular flexibility index (Phi) is 5.40. The van der Waals surface area contributed by atoms with E-state index in [4.69, 9.17) is 14.2 Å². The van der Waals surface area contributed by atoms with E-state index in [0.29, 0.717) is 28.6 Å². The number of aromatic nitrogens is 4. The zero-order valence-corrected chi connectivity index (χ0v) is 20.0. The number of amides is 1. The number of hydrogen-bond donors (Lipinski definition) is 1. The number of nitrogens with one attached hydrogen (secondary N) is 1. The smallest absolute Gasteiger partial charge is 0.251 e. The number of tetrazole rings is 1. The molecule has 10 nitrogen and oxygen atoms in total. The number of carbonyl (C=O) groups is 1. The number of hydrogen-bond acceptors (Lipinski definition) is 8. The fourth-order valence-electron chi connectivity index (χ4n) is 4.47. The number of nitrogens with zero attached hydrogens (tertiary/aromatic N) is 5. The summed E-state index contributed by atoms with van der Waals surface area (Å²) in [5, 5.41) is 15.6. The largest absolute Gasteiger partial charge is 0.492 e. The number of rotatable bonds is 4. The van der Waals surface area contributed by atoms with Crippen LogP contribution in [0.2, 0.25) is 0 Å². The second kappa shape index (κ2) is 8.28. The van der Waals surface area contributed by atoms with Gasteiger partial charge in [0, 0.05) is 23.2 Å². The molecule has 178 valence electrons. The van der Waals surface area contributed by atoms with Gasteiger partial charge in [-0.3, -0.25) is 9.69 Å². The quantitative estimate of drug-likeness (QED) is 0.628. The van der Waals surface area contributed by atoms with E-state index in [-0.39, 0.29) is 24.3 Å². The van der Waals surface area contributed by atoms with Crippen molar-refractivity contribution in [3.05, 3.63) is 52.8 Å². The van der Waals surface area contributed by atoms with Crippen LogP contribution >= 0.6 is 0 Å². The molecule has 0 fully saturated rings. The molecule has 0 spiro atoms. The number of benzene rings is 2. The summed E-state index contributed by atoms with van der Waals surface area (Å²) in [5.41, 5.74) is 3.10. The Labute approximate surface area is 197 Å². The lowest BCUT2D eigenvalue weighted by Gasteiger charge is -2.34. The lowest BCUT2D eigenvalue weighted by atomic mass is 9.90. The van der Waals surface area contributed by atoms with Crippen molar-refractivity contribution in [3.63, 3.8) is 0 Å². The highest BCUT2D eigenvalue weighted by Gasteiger charge is 2.37. The van der Waals surface area contributed by atoms with Gasteiger partial charge < -0.3 is 19.5 Å². The lowest BCUT2D eigenvalue weighted by molar-refractivity contribution is 0.0919. The summed E-state index contributed by atoms with van der Waals surface area (Å²) in [4.78, 5) is 14.7. The minimum Gasteiger partial charge on any atom is -0.492 e. The van der Waals surface area contributed by atoms with Crippen LogP contribution in [0.4, 0.5) is 0 Å². The minimum absolute atomic E-state index is 0.127. The highest BCUT2D eigenvalue weighted by atomic mass is 16.7. The van der Waals surface area contributed by atoms with E-state index >= 15 is 0 Å². The molecule has 2 aliphatic heterocycles. The minimum atomic E-state index is -0.314. The number of likely N-dealkylation sites (N-methyl/N-ethyl adjacent to an activating group) is 1. The van der Waals surface area contributed by atoms with Gasteiger partial charge in [-0.2, -0.15) is 4.68 Å². The summed E-state index contributed by atoms with van der Waals surface area (Å²) >= 11 is 0. The molecule has 2 aliphatic rings. The number of carbonyl (C=O) groups excluding carboxylic acids is 1. The van der Waals surface area contributed by atoms with Crippen LogP contribution in [-0.4, -0.2) is 64.0 Å². The van der Waals surface area contributed by atoms with E-state index in [1.807, 2.05) is 46.0 Å². The van der Waals surface area contributed by atoms with Crippen LogP contribution in [0, 0.1) is 0 Å². The van der Waals surface area contributed by atoms with E-state index in [1.54, 1.807) is 23.9 Å². The monoisotopic (exact) mass is 464 g/mol. The van der Waals surface area contributed by atoms with Gasteiger partial charge in [-0.15, -0.1) is 5.10 Å². The van der Waals surface area contributed by atoms with Gasteiger partial charge in [0.15, 0.2) is 17.3 Å². The molecule has 0 saturated heterocycles. The van der Waals surface area contributed by atoms with E-state index in [1.165, 1.54) is 0 Å². The molecule has 3 heterocycles. The van der Waals surface area contributed by atoms with E-state index in [2.05, 4.69) is 25.7 Å². The van der Waals surface area contributed by atoms with Crippen LogP contribution in [0.15, 0.2) is 30.3 Å². The predicted octanol–water partition coefficient (Wildman–Crippen LogP) is 2.51. The van der Waals surface area contributed by atoms with Gasteiger partial charge in [-0.05, 0) is 80.6 Å². The standard InChI is InChI=1S/C24H28N6O4/c1-24(2,3)25-23(31)14-6-8-16(9-7-14)30-22(26-27-28-30)19-18-15(10-11-29(19)4)12-17-20(21(18)32-5)34-13-33-17/h6-9,12,19H,10-11,13H2,1-5H3,(H,25,31)/t19-/m0/s1. The van der Waals surface area contributed by atoms with Gasteiger partial charge >= 0.3 is 0 Å². The molecule has 0 radical (unpaired) electrons. The lowest BCUT2D eigenvalue weighted by Crippen LogP contribution is -2.40. The number of fused-ring (bicyclic) bond motifs is 2. The third kappa shape index (κ3) is 3.83. The molecule has 1 amide bonds. The van der Waals surface area contributed by atoms with Crippen LogP contribution in [0.3, 0.4) is 0 Å². The Morgan fingerprint density at radius 3 is 2.68 bits per heavy atom. The van der Waals surface area contributed by atoms with Gasteiger partial charge in [0.2, 0.25) is 12.5 Å². The molecule has 3 aromatic rings. The van der Waals surface area contributed by atoms with E-state index < -0.39 is 0 Å². The number of ether oxygens (including phenoxy) is 3. The summed E-state index contributed by atoms with van der Waals surface area (Å²) in [5.74, 6) is 2.47. The molecule has 1 atom stereocenters. The van der Waals surface area contributed by atoms with Gasteiger partial charge in [-0.25, -0.2) is 0 Å². The Balaban J connectivity index is 1.54. The first-order valence-electron chi connectivity index (χ1n) is 11.2. The first kappa shape index (κ1) is 22.1. The SMILES string of the molecule is COc1c2c(cc3c1[C@@H](c1nnnn1-c1ccc(C(=O)NC(C)(C)C)cc1)N(C)CC3)OCO2. The fraction of sp³-hybridized carbons (Fsp3) is 0.417. The third-order valence-corrected chi connectivity index (χ3v) is 6.00. The zero-order valence-electron chi connectivity index (χ0n) is 20.0. The maximum Gasteiger partial charge on any atom is 0.251 e. The summed E-state index contributed by atoms with van der Waals surface area (Å²) < 4.78 is 18.8. The topological polar surface area (TPSA) is 104 Å².